The van der Waals surface area contributed by atoms with Gasteiger partial charge in [0, 0.05) is 22.6 Å². The van der Waals surface area contributed by atoms with Crippen LogP contribution in [0.25, 0.3) is 0 Å². The van der Waals surface area contributed by atoms with Crippen LogP contribution in [0.1, 0.15) is 36.0 Å². The molecule has 2 nitrogen and oxygen atoms in total. The lowest BCUT2D eigenvalue weighted by Crippen LogP contribution is -2.33. The average Bonchev–Trinajstić information content (AvgIpc) is 3.21. The van der Waals surface area contributed by atoms with Gasteiger partial charge in [-0.05, 0) is 43.7 Å². The molecule has 0 amide bonds. The van der Waals surface area contributed by atoms with Crippen molar-refractivity contribution in [2.45, 2.75) is 31.7 Å². The molecule has 0 aromatic heterocycles. The highest BCUT2D eigenvalue weighted by atomic mass is 79.9. The van der Waals surface area contributed by atoms with E-state index in [0.29, 0.717) is 12.6 Å². The van der Waals surface area contributed by atoms with Gasteiger partial charge in [-0.1, -0.05) is 28.1 Å². The second kappa shape index (κ2) is 5.14. The number of ketones is 1. The Kier molecular flexibility index (Phi) is 3.53. The van der Waals surface area contributed by atoms with E-state index in [1.165, 1.54) is 25.7 Å². The summed E-state index contributed by atoms with van der Waals surface area (Å²) in [4.78, 5) is 14.7. The summed E-state index contributed by atoms with van der Waals surface area (Å²) in [5.41, 5.74) is 0.825. The van der Waals surface area contributed by atoms with Crippen molar-refractivity contribution in [3.8, 4) is 0 Å². The van der Waals surface area contributed by atoms with E-state index in [-0.39, 0.29) is 5.78 Å². The van der Waals surface area contributed by atoms with Crippen LogP contribution < -0.4 is 0 Å². The quantitative estimate of drug-likeness (QED) is 0.750. The van der Waals surface area contributed by atoms with Gasteiger partial charge >= 0.3 is 0 Å². The smallest absolute Gasteiger partial charge is 0.176 e. The van der Waals surface area contributed by atoms with E-state index < -0.39 is 0 Å². The SMILES string of the molecule is O=C(CN(CC1CC1)C1CC1)c1cccc(Br)c1. The molecule has 0 bridgehead atoms. The van der Waals surface area contributed by atoms with E-state index in [9.17, 15) is 4.79 Å². The third-order valence-corrected chi connectivity index (χ3v) is 4.24. The van der Waals surface area contributed by atoms with Crippen LogP contribution >= 0.6 is 15.9 Å². The first-order chi connectivity index (χ1) is 8.72. The molecule has 3 rings (SSSR count). The van der Waals surface area contributed by atoms with Crippen molar-refractivity contribution in [3.05, 3.63) is 34.3 Å². The molecule has 2 saturated carbocycles. The Labute approximate surface area is 116 Å². The van der Waals surface area contributed by atoms with E-state index in [0.717, 1.165) is 22.5 Å². The molecule has 18 heavy (non-hydrogen) atoms. The van der Waals surface area contributed by atoms with E-state index in [1.54, 1.807) is 0 Å². The van der Waals surface area contributed by atoms with Crippen molar-refractivity contribution in [2.75, 3.05) is 13.1 Å². The summed E-state index contributed by atoms with van der Waals surface area (Å²) in [6.45, 7) is 1.72. The number of carbonyl (C=O) groups excluding carboxylic acids is 1. The largest absolute Gasteiger partial charge is 0.293 e. The average molecular weight is 308 g/mol. The monoisotopic (exact) mass is 307 g/mol. The fourth-order valence-electron chi connectivity index (χ4n) is 2.35. The highest BCUT2D eigenvalue weighted by molar-refractivity contribution is 9.10. The molecule has 2 aliphatic rings. The number of hydrogen-bond acceptors (Lipinski definition) is 2. The number of rotatable bonds is 6. The molecule has 0 spiro atoms. The highest BCUT2D eigenvalue weighted by Gasteiger charge is 2.34. The minimum absolute atomic E-state index is 0.254. The van der Waals surface area contributed by atoms with Gasteiger partial charge in [-0.15, -0.1) is 0 Å². The first-order valence-electron chi connectivity index (χ1n) is 6.75. The summed E-state index contributed by atoms with van der Waals surface area (Å²) in [7, 11) is 0. The molecule has 0 atom stereocenters. The molecular weight excluding hydrogens is 290 g/mol. The van der Waals surface area contributed by atoms with E-state index in [2.05, 4.69) is 20.8 Å². The van der Waals surface area contributed by atoms with E-state index in [4.69, 9.17) is 0 Å². The predicted molar refractivity (Wildman–Crippen MR) is 75.8 cm³/mol. The van der Waals surface area contributed by atoms with E-state index >= 15 is 0 Å². The Morgan fingerprint density at radius 3 is 2.67 bits per heavy atom. The third kappa shape index (κ3) is 3.21. The summed E-state index contributed by atoms with van der Waals surface area (Å²) >= 11 is 3.42. The minimum atomic E-state index is 0.254. The van der Waals surface area contributed by atoms with Gasteiger partial charge in [-0.25, -0.2) is 0 Å². The van der Waals surface area contributed by atoms with Gasteiger partial charge in [0.15, 0.2) is 5.78 Å². The Bertz CT molecular complexity index is 452. The fraction of sp³-hybridized carbons (Fsp3) is 0.533. The molecule has 2 aliphatic carbocycles. The molecule has 1 aromatic rings. The summed E-state index contributed by atoms with van der Waals surface area (Å²) in [5, 5.41) is 0. The third-order valence-electron chi connectivity index (χ3n) is 3.75. The molecule has 2 fully saturated rings. The van der Waals surface area contributed by atoms with Gasteiger partial charge in [0.2, 0.25) is 0 Å². The van der Waals surface area contributed by atoms with Crippen molar-refractivity contribution in [1.29, 1.82) is 0 Å². The zero-order valence-electron chi connectivity index (χ0n) is 10.4. The molecule has 3 heteroatoms. The summed E-state index contributed by atoms with van der Waals surface area (Å²) in [6.07, 6.45) is 5.26. The van der Waals surface area contributed by atoms with Crippen molar-refractivity contribution >= 4 is 21.7 Å². The molecule has 0 saturated heterocycles. The molecule has 0 heterocycles. The lowest BCUT2D eigenvalue weighted by molar-refractivity contribution is 0.0921. The van der Waals surface area contributed by atoms with Crippen LogP contribution in [0.4, 0.5) is 0 Å². The number of nitrogens with zero attached hydrogens (tertiary/aromatic N) is 1. The van der Waals surface area contributed by atoms with Crippen molar-refractivity contribution in [2.24, 2.45) is 5.92 Å². The molecule has 0 N–H and O–H groups in total. The van der Waals surface area contributed by atoms with Crippen molar-refractivity contribution < 1.29 is 4.79 Å². The van der Waals surface area contributed by atoms with Gasteiger partial charge < -0.3 is 0 Å². The maximum Gasteiger partial charge on any atom is 0.176 e. The second-order valence-corrected chi connectivity index (χ2v) is 6.45. The molecule has 0 aliphatic heterocycles. The predicted octanol–water partition coefficient (Wildman–Crippen LogP) is 3.51. The standard InChI is InChI=1S/C15H18BrNO/c16-13-3-1-2-12(8-13)15(18)10-17(14-6-7-14)9-11-4-5-11/h1-3,8,11,14H,4-7,9-10H2. The topological polar surface area (TPSA) is 20.3 Å². The molecule has 0 unspecified atom stereocenters. The first-order valence-corrected chi connectivity index (χ1v) is 7.54. The van der Waals surface area contributed by atoms with Gasteiger partial charge in [-0.3, -0.25) is 9.69 Å². The maximum atomic E-state index is 12.3. The molecule has 1 aromatic carbocycles. The number of benzene rings is 1. The number of carbonyl (C=O) groups is 1. The lowest BCUT2D eigenvalue weighted by atomic mass is 10.1. The van der Waals surface area contributed by atoms with Crippen LogP contribution in [0.3, 0.4) is 0 Å². The van der Waals surface area contributed by atoms with E-state index in [1.807, 2.05) is 24.3 Å². The Balaban J connectivity index is 1.64. The highest BCUT2D eigenvalue weighted by Crippen LogP contribution is 2.34. The zero-order valence-corrected chi connectivity index (χ0v) is 12.0. The summed E-state index contributed by atoms with van der Waals surface area (Å²) in [6, 6.07) is 8.40. The molecule has 96 valence electrons. The van der Waals surface area contributed by atoms with Gasteiger partial charge in [0.1, 0.15) is 0 Å². The van der Waals surface area contributed by atoms with Gasteiger partial charge in [-0.2, -0.15) is 0 Å². The summed E-state index contributed by atoms with van der Waals surface area (Å²) in [5.74, 6) is 1.12. The lowest BCUT2D eigenvalue weighted by Gasteiger charge is -2.20. The van der Waals surface area contributed by atoms with Gasteiger partial charge in [0.05, 0.1) is 6.54 Å². The second-order valence-electron chi connectivity index (χ2n) is 5.54. The van der Waals surface area contributed by atoms with Crippen molar-refractivity contribution in [1.82, 2.24) is 4.90 Å². The summed E-state index contributed by atoms with van der Waals surface area (Å²) < 4.78 is 0.980. The molecular formula is C15H18BrNO. The molecule has 0 radical (unpaired) electrons. The van der Waals surface area contributed by atoms with Crippen LogP contribution in [0.15, 0.2) is 28.7 Å². The Hall–Kier alpha value is -0.670. The normalized spacial score (nSPS) is 19.2. The van der Waals surface area contributed by atoms with Crippen molar-refractivity contribution in [3.63, 3.8) is 0 Å². The maximum absolute atomic E-state index is 12.3. The van der Waals surface area contributed by atoms with Crippen LogP contribution in [-0.4, -0.2) is 29.8 Å². The van der Waals surface area contributed by atoms with Crippen LogP contribution in [-0.2, 0) is 0 Å². The Morgan fingerprint density at radius 2 is 2.06 bits per heavy atom. The number of Topliss-reactive ketones (excluding diaryl/α,β-unsaturated/α-hetero) is 1. The number of halogens is 1. The van der Waals surface area contributed by atoms with Crippen LogP contribution in [0.2, 0.25) is 0 Å². The van der Waals surface area contributed by atoms with Gasteiger partial charge in [0.25, 0.3) is 0 Å². The van der Waals surface area contributed by atoms with Crippen LogP contribution in [0.5, 0.6) is 0 Å². The minimum Gasteiger partial charge on any atom is -0.293 e. The zero-order chi connectivity index (χ0) is 12.5. The van der Waals surface area contributed by atoms with Crippen LogP contribution in [0, 0.1) is 5.92 Å². The fourth-order valence-corrected chi connectivity index (χ4v) is 2.75. The Morgan fingerprint density at radius 1 is 1.28 bits per heavy atom. The first kappa shape index (κ1) is 12.4. The number of hydrogen-bond donors (Lipinski definition) is 0.